The van der Waals surface area contributed by atoms with E-state index in [0.29, 0.717) is 0 Å². The highest BCUT2D eigenvalue weighted by molar-refractivity contribution is 14.1. The molecular weight excluding hydrogens is 356 g/mol. The molecule has 0 radical (unpaired) electrons. The van der Waals surface area contributed by atoms with Crippen LogP contribution in [0.4, 0.5) is 30.7 Å². The highest BCUT2D eigenvalue weighted by Crippen LogP contribution is 2.38. The van der Waals surface area contributed by atoms with Crippen molar-refractivity contribution in [2.24, 2.45) is 0 Å². The standard InChI is InChI=1S/C8H2F7I/c9-5-2-3(7(10,11)12)1-4(6(5)16)8(13,14)15/h1-2H. The summed E-state index contributed by atoms with van der Waals surface area (Å²) >= 11 is 1.01. The Morgan fingerprint density at radius 3 is 1.75 bits per heavy atom. The molecule has 0 unspecified atom stereocenters. The van der Waals surface area contributed by atoms with Gasteiger partial charge in [0, 0.05) is 0 Å². The normalized spacial score (nSPS) is 13.0. The number of rotatable bonds is 0. The van der Waals surface area contributed by atoms with Crippen molar-refractivity contribution in [1.82, 2.24) is 0 Å². The number of alkyl halides is 6. The molecule has 0 amide bonds. The third-order valence-corrected chi connectivity index (χ3v) is 2.76. The first-order chi connectivity index (χ1) is 7.03. The van der Waals surface area contributed by atoms with Crippen LogP contribution in [0.25, 0.3) is 0 Å². The molecule has 8 heteroatoms. The second-order valence-corrected chi connectivity index (χ2v) is 3.89. The molecule has 90 valence electrons. The fourth-order valence-corrected chi connectivity index (χ4v) is 1.58. The first kappa shape index (κ1) is 13.5. The summed E-state index contributed by atoms with van der Waals surface area (Å²) in [5, 5.41) is 0. The molecule has 0 saturated heterocycles. The van der Waals surface area contributed by atoms with Gasteiger partial charge in [-0.2, -0.15) is 26.3 Å². The monoisotopic (exact) mass is 358 g/mol. The second-order valence-electron chi connectivity index (χ2n) is 2.82. The highest BCUT2D eigenvalue weighted by Gasteiger charge is 2.39. The number of hydrogen-bond acceptors (Lipinski definition) is 0. The lowest BCUT2D eigenvalue weighted by molar-refractivity contribution is -0.143. The molecule has 0 saturated carbocycles. The fraction of sp³-hybridized carbons (Fsp3) is 0.250. The van der Waals surface area contributed by atoms with Gasteiger partial charge in [0.2, 0.25) is 0 Å². The molecule has 0 heterocycles. The van der Waals surface area contributed by atoms with Gasteiger partial charge in [-0.3, -0.25) is 0 Å². The van der Waals surface area contributed by atoms with Crippen molar-refractivity contribution in [2.45, 2.75) is 12.4 Å². The topological polar surface area (TPSA) is 0 Å². The van der Waals surface area contributed by atoms with Crippen molar-refractivity contribution in [2.75, 3.05) is 0 Å². The zero-order valence-electron chi connectivity index (χ0n) is 7.18. The van der Waals surface area contributed by atoms with Gasteiger partial charge >= 0.3 is 12.4 Å². The van der Waals surface area contributed by atoms with E-state index in [0.717, 1.165) is 22.6 Å². The number of hydrogen-bond donors (Lipinski definition) is 0. The zero-order valence-corrected chi connectivity index (χ0v) is 9.34. The summed E-state index contributed by atoms with van der Waals surface area (Å²) in [4.78, 5) is 0. The fourth-order valence-electron chi connectivity index (χ4n) is 0.959. The molecule has 0 aliphatic rings. The molecule has 0 fully saturated rings. The molecule has 0 N–H and O–H groups in total. The molecule has 0 atom stereocenters. The Bertz CT molecular complexity index is 404. The van der Waals surface area contributed by atoms with Crippen LogP contribution in [0.3, 0.4) is 0 Å². The first-order valence-electron chi connectivity index (χ1n) is 3.67. The third-order valence-electron chi connectivity index (χ3n) is 1.66. The lowest BCUT2D eigenvalue weighted by Gasteiger charge is -2.13. The lowest BCUT2D eigenvalue weighted by Crippen LogP contribution is -2.13. The van der Waals surface area contributed by atoms with Crippen LogP contribution in [0.1, 0.15) is 11.1 Å². The van der Waals surface area contributed by atoms with E-state index < -0.39 is 32.9 Å². The van der Waals surface area contributed by atoms with Crippen LogP contribution in [0, 0.1) is 9.39 Å². The molecule has 0 spiro atoms. The Morgan fingerprint density at radius 2 is 1.38 bits per heavy atom. The number of halogens is 8. The highest BCUT2D eigenvalue weighted by atomic mass is 127. The summed E-state index contributed by atoms with van der Waals surface area (Å²) in [5.41, 5.74) is -3.28. The van der Waals surface area contributed by atoms with Crippen LogP contribution in [-0.4, -0.2) is 0 Å². The summed E-state index contributed by atoms with van der Waals surface area (Å²) in [6.07, 6.45) is -10.0. The minimum Gasteiger partial charge on any atom is -0.206 e. The Labute approximate surface area is 98.6 Å². The quantitative estimate of drug-likeness (QED) is 0.474. The maximum atomic E-state index is 12.9. The van der Waals surface area contributed by atoms with E-state index in [4.69, 9.17) is 0 Å². The molecule has 0 bridgehead atoms. The summed E-state index contributed by atoms with van der Waals surface area (Å²) in [6.45, 7) is 0. The first-order valence-corrected chi connectivity index (χ1v) is 4.75. The van der Waals surface area contributed by atoms with Crippen molar-refractivity contribution < 1.29 is 30.7 Å². The van der Waals surface area contributed by atoms with Crippen LogP contribution in [-0.2, 0) is 12.4 Å². The van der Waals surface area contributed by atoms with E-state index in [9.17, 15) is 30.7 Å². The summed E-state index contributed by atoms with van der Waals surface area (Å²) in [5.74, 6) is -1.54. The molecule has 0 nitrogen and oxygen atoms in total. The van der Waals surface area contributed by atoms with Gasteiger partial charge < -0.3 is 0 Å². The average Bonchev–Trinajstić information content (AvgIpc) is 2.05. The maximum absolute atomic E-state index is 12.9. The molecule has 0 aliphatic carbocycles. The van der Waals surface area contributed by atoms with Crippen molar-refractivity contribution in [3.8, 4) is 0 Å². The van der Waals surface area contributed by atoms with Gasteiger partial charge in [0.05, 0.1) is 14.7 Å². The van der Waals surface area contributed by atoms with E-state index in [2.05, 4.69) is 0 Å². The summed E-state index contributed by atoms with van der Waals surface area (Å²) < 4.78 is 85.2. The second kappa shape index (κ2) is 4.04. The summed E-state index contributed by atoms with van der Waals surface area (Å²) in [7, 11) is 0. The van der Waals surface area contributed by atoms with Crippen molar-refractivity contribution in [3.63, 3.8) is 0 Å². The van der Waals surface area contributed by atoms with Gasteiger partial charge in [0.15, 0.2) is 0 Å². The van der Waals surface area contributed by atoms with E-state index >= 15 is 0 Å². The van der Waals surface area contributed by atoms with Crippen LogP contribution in [0.5, 0.6) is 0 Å². The van der Waals surface area contributed by atoms with Gasteiger partial charge in [-0.25, -0.2) is 4.39 Å². The molecule has 16 heavy (non-hydrogen) atoms. The number of benzene rings is 1. The smallest absolute Gasteiger partial charge is 0.206 e. The predicted molar refractivity (Wildman–Crippen MR) is 49.1 cm³/mol. The summed E-state index contributed by atoms with van der Waals surface area (Å²) in [6, 6.07) is -0.0676. The molecule has 0 aromatic heterocycles. The van der Waals surface area contributed by atoms with Gasteiger partial charge in [0.25, 0.3) is 0 Å². The molecule has 1 aromatic carbocycles. The Morgan fingerprint density at radius 1 is 0.875 bits per heavy atom. The van der Waals surface area contributed by atoms with E-state index in [-0.39, 0.29) is 12.1 Å². The molecule has 1 rings (SSSR count). The average molecular weight is 358 g/mol. The maximum Gasteiger partial charge on any atom is 0.417 e. The minimum absolute atomic E-state index is 0.0387. The molecule has 1 aromatic rings. The van der Waals surface area contributed by atoms with E-state index in [1.807, 2.05) is 0 Å². The Kier molecular flexibility index (Phi) is 3.42. The molecular formula is C8H2F7I. The Balaban J connectivity index is 3.46. The predicted octanol–water partition coefficient (Wildman–Crippen LogP) is 4.47. The van der Waals surface area contributed by atoms with E-state index in [1.165, 1.54) is 0 Å². The molecule has 0 aliphatic heterocycles. The third kappa shape index (κ3) is 2.77. The Hall–Kier alpha value is -0.540. The largest absolute Gasteiger partial charge is 0.417 e. The van der Waals surface area contributed by atoms with E-state index in [1.54, 1.807) is 0 Å². The SMILES string of the molecule is Fc1cc(C(F)(F)F)cc(C(F)(F)F)c1I. The van der Waals surface area contributed by atoms with Gasteiger partial charge in [-0.15, -0.1) is 0 Å². The van der Waals surface area contributed by atoms with Crippen LogP contribution >= 0.6 is 22.6 Å². The van der Waals surface area contributed by atoms with Crippen molar-refractivity contribution in [1.29, 1.82) is 0 Å². The van der Waals surface area contributed by atoms with Crippen LogP contribution in [0.2, 0.25) is 0 Å². The van der Waals surface area contributed by atoms with Gasteiger partial charge in [0.1, 0.15) is 5.82 Å². The van der Waals surface area contributed by atoms with Crippen molar-refractivity contribution in [3.05, 3.63) is 32.6 Å². The van der Waals surface area contributed by atoms with Gasteiger partial charge in [-0.1, -0.05) is 0 Å². The minimum atomic E-state index is -5.02. The van der Waals surface area contributed by atoms with Crippen molar-refractivity contribution >= 4 is 22.6 Å². The van der Waals surface area contributed by atoms with Crippen LogP contribution in [0.15, 0.2) is 12.1 Å². The lowest BCUT2D eigenvalue weighted by atomic mass is 10.1. The van der Waals surface area contributed by atoms with Crippen LogP contribution < -0.4 is 0 Å². The van der Waals surface area contributed by atoms with Gasteiger partial charge in [-0.05, 0) is 34.7 Å². The zero-order chi connectivity index (χ0) is 12.7.